The van der Waals surface area contributed by atoms with Gasteiger partial charge in [0.15, 0.2) is 5.75 Å². The number of ether oxygens (including phenoxy) is 3. The molecule has 0 radical (unpaired) electrons. The van der Waals surface area contributed by atoms with Gasteiger partial charge in [-0.1, -0.05) is 6.07 Å². The Labute approximate surface area is 177 Å². The predicted octanol–water partition coefficient (Wildman–Crippen LogP) is 2.94. The first kappa shape index (κ1) is 21.6. The molecule has 31 heavy (non-hydrogen) atoms. The molecule has 0 aromatic heterocycles. The molecule has 1 aliphatic rings. The summed E-state index contributed by atoms with van der Waals surface area (Å²) in [5.41, 5.74) is 0.936. The maximum absolute atomic E-state index is 12.7. The molecule has 0 spiro atoms. The first-order valence-electron chi connectivity index (χ1n) is 9.35. The third kappa shape index (κ3) is 4.42. The lowest BCUT2D eigenvalue weighted by molar-refractivity contribution is -0.385. The van der Waals surface area contributed by atoms with E-state index in [1.807, 2.05) is 0 Å². The van der Waals surface area contributed by atoms with Crippen LogP contribution in [0.3, 0.4) is 0 Å². The van der Waals surface area contributed by atoms with Crippen LogP contribution >= 0.6 is 0 Å². The number of nitrogens with zero attached hydrogens (tertiary/aromatic N) is 1. The Balaban J connectivity index is 2.17. The monoisotopic (exact) mass is 427 g/mol. The number of rotatable bonds is 7. The highest BCUT2D eigenvalue weighted by Crippen LogP contribution is 2.36. The topological polar surface area (TPSA) is 129 Å². The van der Waals surface area contributed by atoms with Gasteiger partial charge in [-0.25, -0.2) is 9.59 Å². The molecule has 1 atom stereocenters. The summed E-state index contributed by atoms with van der Waals surface area (Å²) in [5.74, 6) is -0.00161. The van der Waals surface area contributed by atoms with Crippen LogP contribution in [0.2, 0.25) is 0 Å². The molecule has 10 nitrogen and oxygen atoms in total. The van der Waals surface area contributed by atoms with Gasteiger partial charge in [0.05, 0.1) is 43.1 Å². The number of nitrogens with one attached hydrogen (secondary N) is 2. The van der Waals surface area contributed by atoms with E-state index >= 15 is 0 Å². The van der Waals surface area contributed by atoms with Crippen LogP contribution in [0.5, 0.6) is 11.5 Å². The Bertz CT molecular complexity index is 1050. The Kier molecular flexibility index (Phi) is 6.39. The number of benzene rings is 2. The third-order valence-electron chi connectivity index (χ3n) is 4.67. The zero-order chi connectivity index (χ0) is 22.5. The van der Waals surface area contributed by atoms with Gasteiger partial charge in [0.2, 0.25) is 0 Å². The number of methoxy groups -OCH3 is 2. The lowest BCUT2D eigenvalue weighted by Gasteiger charge is -2.29. The van der Waals surface area contributed by atoms with Gasteiger partial charge in [-0.3, -0.25) is 10.1 Å². The molecule has 1 heterocycles. The number of hydrogen-bond acceptors (Lipinski definition) is 7. The Morgan fingerprint density at radius 3 is 2.45 bits per heavy atom. The van der Waals surface area contributed by atoms with Crippen molar-refractivity contribution < 1.29 is 28.7 Å². The Morgan fingerprint density at radius 1 is 1.16 bits per heavy atom. The second kappa shape index (κ2) is 9.16. The highest BCUT2D eigenvalue weighted by Gasteiger charge is 2.35. The molecule has 1 unspecified atom stereocenters. The van der Waals surface area contributed by atoms with Crippen LogP contribution in [0, 0.1) is 10.1 Å². The number of nitro groups is 1. The van der Waals surface area contributed by atoms with E-state index in [1.54, 1.807) is 37.3 Å². The normalized spacial score (nSPS) is 15.6. The number of urea groups is 1. The van der Waals surface area contributed by atoms with Crippen molar-refractivity contribution in [2.24, 2.45) is 0 Å². The lowest BCUT2D eigenvalue weighted by atomic mass is 9.92. The molecular formula is C21H21N3O7. The molecule has 0 saturated carbocycles. The first-order valence-corrected chi connectivity index (χ1v) is 9.35. The van der Waals surface area contributed by atoms with E-state index in [-0.39, 0.29) is 29.3 Å². The number of esters is 1. The zero-order valence-corrected chi connectivity index (χ0v) is 17.1. The SMILES string of the molecule is CCOc1ccc(C2NC(=O)NC(c3ccc(OC)cc3)=C2C(=O)OC)cc1[N+](=O)[O-]. The third-order valence-corrected chi connectivity index (χ3v) is 4.67. The van der Waals surface area contributed by atoms with Crippen LogP contribution in [-0.2, 0) is 9.53 Å². The van der Waals surface area contributed by atoms with Crippen molar-refractivity contribution in [2.75, 3.05) is 20.8 Å². The summed E-state index contributed by atoms with van der Waals surface area (Å²) in [7, 11) is 2.74. The van der Waals surface area contributed by atoms with Gasteiger partial charge < -0.3 is 24.8 Å². The Hall–Kier alpha value is -4.08. The molecule has 162 valence electrons. The van der Waals surface area contributed by atoms with Crippen LogP contribution < -0.4 is 20.1 Å². The van der Waals surface area contributed by atoms with Gasteiger partial charge in [-0.15, -0.1) is 0 Å². The molecule has 0 aliphatic carbocycles. The zero-order valence-electron chi connectivity index (χ0n) is 17.1. The summed E-state index contributed by atoms with van der Waals surface area (Å²) in [6.45, 7) is 1.96. The largest absolute Gasteiger partial charge is 0.497 e. The van der Waals surface area contributed by atoms with Crippen molar-refractivity contribution in [3.8, 4) is 11.5 Å². The quantitative estimate of drug-likeness (QED) is 0.395. The van der Waals surface area contributed by atoms with Gasteiger partial charge in [-0.2, -0.15) is 0 Å². The number of hydrogen-bond donors (Lipinski definition) is 2. The van der Waals surface area contributed by atoms with Crippen molar-refractivity contribution in [1.29, 1.82) is 0 Å². The van der Waals surface area contributed by atoms with Crippen LogP contribution in [0.4, 0.5) is 10.5 Å². The standard InChI is InChI=1S/C21H21N3O7/c1-4-31-16-10-7-13(11-15(16)24(27)28)19-17(20(25)30-3)18(22-21(26)23-19)12-5-8-14(29-2)9-6-12/h5-11,19H,4H2,1-3H3,(H2,22,23,26). The van der Waals surface area contributed by atoms with Crippen LogP contribution in [0.15, 0.2) is 48.0 Å². The minimum absolute atomic E-state index is 0.0930. The summed E-state index contributed by atoms with van der Waals surface area (Å²) in [6.07, 6.45) is 0. The Morgan fingerprint density at radius 2 is 1.87 bits per heavy atom. The summed E-state index contributed by atoms with van der Waals surface area (Å²) < 4.78 is 15.4. The fourth-order valence-corrected chi connectivity index (χ4v) is 3.26. The number of carbonyl (C=O) groups is 2. The average Bonchev–Trinajstić information content (AvgIpc) is 2.78. The average molecular weight is 427 g/mol. The van der Waals surface area contributed by atoms with E-state index in [1.165, 1.54) is 26.4 Å². The molecule has 2 amide bonds. The van der Waals surface area contributed by atoms with E-state index in [0.717, 1.165) is 0 Å². The van der Waals surface area contributed by atoms with Crippen molar-refractivity contribution in [3.63, 3.8) is 0 Å². The number of nitro benzene ring substituents is 1. The van der Waals surface area contributed by atoms with Crippen molar-refractivity contribution in [2.45, 2.75) is 13.0 Å². The van der Waals surface area contributed by atoms with Gasteiger partial charge in [-0.05, 0) is 48.4 Å². The second-order valence-corrected chi connectivity index (χ2v) is 6.46. The number of amides is 2. The molecule has 2 aromatic carbocycles. The minimum Gasteiger partial charge on any atom is -0.497 e. The van der Waals surface area contributed by atoms with Crippen molar-refractivity contribution >= 4 is 23.4 Å². The van der Waals surface area contributed by atoms with Gasteiger partial charge in [0.1, 0.15) is 5.75 Å². The fraction of sp³-hybridized carbons (Fsp3) is 0.238. The van der Waals surface area contributed by atoms with Crippen LogP contribution in [0.1, 0.15) is 24.1 Å². The molecule has 0 saturated heterocycles. The first-order chi connectivity index (χ1) is 14.9. The highest BCUT2D eigenvalue weighted by atomic mass is 16.6. The van der Waals surface area contributed by atoms with E-state index in [2.05, 4.69) is 10.6 Å². The highest BCUT2D eigenvalue weighted by molar-refractivity contribution is 6.04. The molecule has 0 bridgehead atoms. The van der Waals surface area contributed by atoms with E-state index in [4.69, 9.17) is 14.2 Å². The smallest absolute Gasteiger partial charge is 0.338 e. The number of carbonyl (C=O) groups excluding carboxylic acids is 2. The van der Waals surface area contributed by atoms with E-state index in [0.29, 0.717) is 16.9 Å². The molecule has 2 aromatic rings. The molecule has 2 N–H and O–H groups in total. The van der Waals surface area contributed by atoms with Crippen LogP contribution in [-0.4, -0.2) is 37.8 Å². The maximum Gasteiger partial charge on any atom is 0.338 e. The molecule has 0 fully saturated rings. The molecule has 3 rings (SSSR count). The maximum atomic E-state index is 12.7. The molecule has 1 aliphatic heterocycles. The summed E-state index contributed by atoms with van der Waals surface area (Å²) >= 11 is 0. The van der Waals surface area contributed by atoms with Gasteiger partial charge in [0.25, 0.3) is 0 Å². The van der Waals surface area contributed by atoms with E-state index in [9.17, 15) is 19.7 Å². The summed E-state index contributed by atoms with van der Waals surface area (Å²) in [5, 5.41) is 16.8. The predicted molar refractivity (Wildman–Crippen MR) is 111 cm³/mol. The van der Waals surface area contributed by atoms with Gasteiger partial charge >= 0.3 is 17.7 Å². The lowest BCUT2D eigenvalue weighted by Crippen LogP contribution is -2.45. The molecular weight excluding hydrogens is 406 g/mol. The van der Waals surface area contributed by atoms with Gasteiger partial charge in [0, 0.05) is 6.07 Å². The minimum atomic E-state index is -0.979. The van der Waals surface area contributed by atoms with Crippen LogP contribution in [0.25, 0.3) is 5.70 Å². The molecule has 10 heteroatoms. The summed E-state index contributed by atoms with van der Waals surface area (Å²) in [6, 6.07) is 9.45. The fourth-order valence-electron chi connectivity index (χ4n) is 3.26. The van der Waals surface area contributed by atoms with Crippen molar-refractivity contribution in [3.05, 3.63) is 69.3 Å². The summed E-state index contributed by atoms with van der Waals surface area (Å²) in [4.78, 5) is 36.0. The van der Waals surface area contributed by atoms with E-state index < -0.39 is 23.0 Å². The second-order valence-electron chi connectivity index (χ2n) is 6.46. The van der Waals surface area contributed by atoms with Crippen molar-refractivity contribution in [1.82, 2.24) is 10.6 Å².